The van der Waals surface area contributed by atoms with Gasteiger partial charge in [0.15, 0.2) is 0 Å². The molecule has 6 nitrogen and oxygen atoms in total. The van der Waals surface area contributed by atoms with E-state index in [4.69, 9.17) is 5.11 Å². The van der Waals surface area contributed by atoms with Crippen molar-refractivity contribution >= 4 is 17.7 Å². The summed E-state index contributed by atoms with van der Waals surface area (Å²) in [5.74, 6) is -0.970. The molecule has 0 atom stereocenters. The number of aryl methyl sites for hydroxylation is 1. The Labute approximate surface area is 124 Å². The van der Waals surface area contributed by atoms with Gasteiger partial charge in [0.2, 0.25) is 0 Å². The number of aromatic carboxylic acids is 1. The first-order valence-electron chi connectivity index (χ1n) is 7.07. The van der Waals surface area contributed by atoms with Gasteiger partial charge in [-0.25, -0.2) is 9.59 Å². The predicted octanol–water partition coefficient (Wildman–Crippen LogP) is 1.91. The van der Waals surface area contributed by atoms with E-state index in [1.54, 1.807) is 31.0 Å². The van der Waals surface area contributed by atoms with Gasteiger partial charge < -0.3 is 20.6 Å². The normalized spacial score (nSPS) is 15.5. The number of nitrogens with one attached hydrogen (secondary N) is 2. The lowest BCUT2D eigenvalue weighted by molar-refractivity contribution is 0.0697. The van der Waals surface area contributed by atoms with Gasteiger partial charge in [0, 0.05) is 18.8 Å². The Bertz CT molecular complexity index is 539. The fourth-order valence-corrected chi connectivity index (χ4v) is 2.50. The number of carboxylic acid groups (broad SMARTS) is 1. The van der Waals surface area contributed by atoms with Crippen molar-refractivity contribution in [1.82, 2.24) is 10.2 Å². The first-order valence-corrected chi connectivity index (χ1v) is 7.07. The molecule has 114 valence electrons. The van der Waals surface area contributed by atoms with Crippen molar-refractivity contribution in [3.05, 3.63) is 29.3 Å². The molecule has 0 unspecified atom stereocenters. The highest BCUT2D eigenvalue weighted by atomic mass is 16.4. The Morgan fingerprint density at radius 1 is 1.33 bits per heavy atom. The molecule has 0 spiro atoms. The van der Waals surface area contributed by atoms with Crippen LogP contribution in [0.5, 0.6) is 0 Å². The van der Waals surface area contributed by atoms with Gasteiger partial charge in [-0.05, 0) is 56.6 Å². The topological polar surface area (TPSA) is 81.7 Å². The van der Waals surface area contributed by atoms with Crippen molar-refractivity contribution in [3.63, 3.8) is 0 Å². The highest BCUT2D eigenvalue weighted by Gasteiger charge is 2.22. The van der Waals surface area contributed by atoms with E-state index >= 15 is 0 Å². The number of amides is 2. The minimum atomic E-state index is -0.970. The lowest BCUT2D eigenvalue weighted by atomic mass is 10.1. The van der Waals surface area contributed by atoms with Crippen molar-refractivity contribution in [2.24, 2.45) is 0 Å². The van der Waals surface area contributed by atoms with Crippen LogP contribution < -0.4 is 10.6 Å². The minimum absolute atomic E-state index is 0.159. The summed E-state index contributed by atoms with van der Waals surface area (Å²) < 4.78 is 0. The van der Waals surface area contributed by atoms with Gasteiger partial charge in [-0.2, -0.15) is 0 Å². The number of hydrogen-bond acceptors (Lipinski definition) is 3. The molecule has 2 rings (SSSR count). The Hall–Kier alpha value is -2.08. The lowest BCUT2D eigenvalue weighted by Gasteiger charge is -2.31. The van der Waals surface area contributed by atoms with Crippen molar-refractivity contribution in [2.75, 3.05) is 25.5 Å². The van der Waals surface area contributed by atoms with Crippen molar-refractivity contribution in [3.8, 4) is 0 Å². The van der Waals surface area contributed by atoms with E-state index in [-0.39, 0.29) is 17.6 Å². The number of carbonyl (C=O) groups is 2. The van der Waals surface area contributed by atoms with Crippen LogP contribution in [0, 0.1) is 6.92 Å². The predicted molar refractivity (Wildman–Crippen MR) is 80.8 cm³/mol. The van der Waals surface area contributed by atoms with Crippen LogP contribution in [0.2, 0.25) is 0 Å². The molecule has 1 aromatic carbocycles. The fraction of sp³-hybridized carbons (Fsp3) is 0.467. The third-order valence-electron chi connectivity index (χ3n) is 3.89. The van der Waals surface area contributed by atoms with E-state index in [1.807, 2.05) is 0 Å². The number of nitrogens with zero attached hydrogens (tertiary/aromatic N) is 1. The molecule has 0 radical (unpaired) electrons. The van der Waals surface area contributed by atoms with Gasteiger partial charge in [0.25, 0.3) is 0 Å². The van der Waals surface area contributed by atoms with Crippen LogP contribution in [-0.4, -0.2) is 48.2 Å². The maximum atomic E-state index is 12.3. The van der Waals surface area contributed by atoms with E-state index in [1.165, 1.54) is 6.07 Å². The summed E-state index contributed by atoms with van der Waals surface area (Å²) in [4.78, 5) is 24.9. The Balaban J connectivity index is 2.03. The Morgan fingerprint density at radius 3 is 2.57 bits per heavy atom. The lowest BCUT2D eigenvalue weighted by Crippen LogP contribution is -2.45. The van der Waals surface area contributed by atoms with Crippen molar-refractivity contribution < 1.29 is 14.7 Å². The molecule has 1 fully saturated rings. The van der Waals surface area contributed by atoms with E-state index in [0.717, 1.165) is 31.5 Å². The van der Waals surface area contributed by atoms with E-state index < -0.39 is 5.97 Å². The second-order valence-electron chi connectivity index (χ2n) is 5.36. The zero-order chi connectivity index (χ0) is 15.4. The largest absolute Gasteiger partial charge is 0.478 e. The third kappa shape index (κ3) is 3.72. The van der Waals surface area contributed by atoms with E-state index in [9.17, 15) is 9.59 Å². The quantitative estimate of drug-likeness (QED) is 0.794. The summed E-state index contributed by atoms with van der Waals surface area (Å²) in [6.45, 7) is 3.63. The molecule has 1 aliphatic heterocycles. The molecule has 1 aromatic rings. The summed E-state index contributed by atoms with van der Waals surface area (Å²) in [6, 6.07) is 4.77. The van der Waals surface area contributed by atoms with E-state index in [0.29, 0.717) is 5.69 Å². The minimum Gasteiger partial charge on any atom is -0.478 e. The SMILES string of the molecule is Cc1cc(C(=O)O)ccc1NC(=O)N(C)C1CCNCC1. The molecular weight excluding hydrogens is 270 g/mol. The molecular formula is C15H21N3O3. The van der Waals surface area contributed by atoms with Crippen LogP contribution >= 0.6 is 0 Å². The zero-order valence-corrected chi connectivity index (χ0v) is 12.3. The summed E-state index contributed by atoms with van der Waals surface area (Å²) in [7, 11) is 1.80. The molecule has 1 saturated heterocycles. The van der Waals surface area contributed by atoms with Crippen molar-refractivity contribution in [2.45, 2.75) is 25.8 Å². The molecule has 1 aliphatic rings. The fourth-order valence-electron chi connectivity index (χ4n) is 2.50. The summed E-state index contributed by atoms with van der Waals surface area (Å²) in [5.41, 5.74) is 1.60. The smallest absolute Gasteiger partial charge is 0.335 e. The highest BCUT2D eigenvalue weighted by molar-refractivity contribution is 5.92. The molecule has 6 heteroatoms. The molecule has 2 amide bonds. The number of carboxylic acids is 1. The molecule has 3 N–H and O–H groups in total. The first kappa shape index (κ1) is 15.3. The Morgan fingerprint density at radius 2 is 2.00 bits per heavy atom. The maximum absolute atomic E-state index is 12.3. The number of piperidine rings is 1. The molecule has 21 heavy (non-hydrogen) atoms. The number of hydrogen-bond donors (Lipinski definition) is 3. The highest BCUT2D eigenvalue weighted by Crippen LogP contribution is 2.18. The number of benzene rings is 1. The van der Waals surface area contributed by atoms with Gasteiger partial charge >= 0.3 is 12.0 Å². The number of rotatable bonds is 3. The Kier molecular flexibility index (Phi) is 4.80. The summed E-state index contributed by atoms with van der Waals surface area (Å²) in [5, 5.41) is 15.1. The molecule has 0 bridgehead atoms. The summed E-state index contributed by atoms with van der Waals surface area (Å²) >= 11 is 0. The van der Waals surface area contributed by atoms with Crippen LogP contribution in [0.25, 0.3) is 0 Å². The molecule has 0 saturated carbocycles. The zero-order valence-electron chi connectivity index (χ0n) is 12.3. The number of urea groups is 1. The maximum Gasteiger partial charge on any atom is 0.335 e. The van der Waals surface area contributed by atoms with Crippen LogP contribution in [0.15, 0.2) is 18.2 Å². The second-order valence-corrected chi connectivity index (χ2v) is 5.36. The first-order chi connectivity index (χ1) is 9.99. The van der Waals surface area contributed by atoms with Crippen LogP contribution in [0.3, 0.4) is 0 Å². The second kappa shape index (κ2) is 6.58. The van der Waals surface area contributed by atoms with Gasteiger partial charge in [-0.3, -0.25) is 0 Å². The standard InChI is InChI=1S/C15H21N3O3/c1-10-9-11(14(19)20)3-4-13(10)17-15(21)18(2)12-5-7-16-8-6-12/h3-4,9,12,16H,5-8H2,1-2H3,(H,17,21)(H,19,20). The van der Waals surface area contributed by atoms with Gasteiger partial charge in [-0.1, -0.05) is 0 Å². The third-order valence-corrected chi connectivity index (χ3v) is 3.89. The molecule has 0 aromatic heterocycles. The monoisotopic (exact) mass is 291 g/mol. The molecule has 1 heterocycles. The average molecular weight is 291 g/mol. The average Bonchev–Trinajstić information content (AvgIpc) is 2.49. The van der Waals surface area contributed by atoms with Crippen LogP contribution in [-0.2, 0) is 0 Å². The van der Waals surface area contributed by atoms with Crippen molar-refractivity contribution in [1.29, 1.82) is 0 Å². The van der Waals surface area contributed by atoms with Gasteiger partial charge in [-0.15, -0.1) is 0 Å². The number of anilines is 1. The van der Waals surface area contributed by atoms with E-state index in [2.05, 4.69) is 10.6 Å². The number of carbonyl (C=O) groups excluding carboxylic acids is 1. The van der Waals surface area contributed by atoms with Gasteiger partial charge in [0.1, 0.15) is 0 Å². The van der Waals surface area contributed by atoms with Crippen LogP contribution in [0.1, 0.15) is 28.8 Å². The van der Waals surface area contributed by atoms with Gasteiger partial charge in [0.05, 0.1) is 5.56 Å². The summed E-state index contributed by atoms with van der Waals surface area (Å²) in [6.07, 6.45) is 1.89. The van der Waals surface area contributed by atoms with Crippen LogP contribution in [0.4, 0.5) is 10.5 Å². The molecule has 0 aliphatic carbocycles.